The molecule has 0 bridgehead atoms. The van der Waals surface area contributed by atoms with Gasteiger partial charge in [-0.25, -0.2) is 0 Å². The Kier molecular flexibility index (Phi) is 5.40. The van der Waals surface area contributed by atoms with Gasteiger partial charge in [0.15, 0.2) is 0 Å². The SMILES string of the molecule is CCCC(NCCC(=O)NC1CC1)c1ccccc1. The lowest BCUT2D eigenvalue weighted by Gasteiger charge is -2.18. The van der Waals surface area contributed by atoms with Crippen LogP contribution >= 0.6 is 0 Å². The smallest absolute Gasteiger partial charge is 0.221 e. The van der Waals surface area contributed by atoms with Gasteiger partial charge in [0.05, 0.1) is 0 Å². The molecule has 1 aliphatic rings. The van der Waals surface area contributed by atoms with Gasteiger partial charge in [-0.1, -0.05) is 43.7 Å². The van der Waals surface area contributed by atoms with Gasteiger partial charge in [-0.3, -0.25) is 4.79 Å². The highest BCUT2D eigenvalue weighted by Gasteiger charge is 2.22. The molecule has 1 amide bonds. The molecular weight excluding hydrogens is 236 g/mol. The Balaban J connectivity index is 1.75. The average Bonchev–Trinajstić information content (AvgIpc) is 3.23. The molecule has 0 aliphatic heterocycles. The molecule has 0 aromatic heterocycles. The van der Waals surface area contributed by atoms with Crippen LogP contribution in [-0.2, 0) is 4.79 Å². The molecule has 1 fully saturated rings. The molecular formula is C16H24N2O. The van der Waals surface area contributed by atoms with Gasteiger partial charge in [0, 0.05) is 25.0 Å². The third kappa shape index (κ3) is 5.03. The second kappa shape index (κ2) is 7.29. The molecule has 0 saturated heterocycles. The predicted molar refractivity (Wildman–Crippen MR) is 77.9 cm³/mol. The van der Waals surface area contributed by atoms with Gasteiger partial charge in [0.25, 0.3) is 0 Å². The number of nitrogens with one attached hydrogen (secondary N) is 2. The van der Waals surface area contributed by atoms with Crippen LogP contribution in [0.3, 0.4) is 0 Å². The molecule has 19 heavy (non-hydrogen) atoms. The van der Waals surface area contributed by atoms with Gasteiger partial charge in [0.1, 0.15) is 0 Å². The van der Waals surface area contributed by atoms with Crippen LogP contribution in [-0.4, -0.2) is 18.5 Å². The van der Waals surface area contributed by atoms with E-state index in [0.29, 0.717) is 18.5 Å². The van der Waals surface area contributed by atoms with Gasteiger partial charge >= 0.3 is 0 Å². The molecule has 3 nitrogen and oxygen atoms in total. The molecule has 2 N–H and O–H groups in total. The van der Waals surface area contributed by atoms with Gasteiger partial charge in [-0.05, 0) is 24.8 Å². The van der Waals surface area contributed by atoms with Crippen LogP contribution in [0.4, 0.5) is 0 Å². The fourth-order valence-electron chi connectivity index (χ4n) is 2.25. The van der Waals surface area contributed by atoms with Gasteiger partial charge in [-0.15, -0.1) is 0 Å². The van der Waals surface area contributed by atoms with Crippen molar-refractivity contribution in [2.45, 2.75) is 51.1 Å². The van der Waals surface area contributed by atoms with Crippen molar-refractivity contribution in [2.24, 2.45) is 0 Å². The van der Waals surface area contributed by atoms with Crippen molar-refractivity contribution >= 4 is 5.91 Å². The van der Waals surface area contributed by atoms with E-state index in [2.05, 4.69) is 41.8 Å². The summed E-state index contributed by atoms with van der Waals surface area (Å²) >= 11 is 0. The van der Waals surface area contributed by atoms with E-state index in [1.807, 2.05) is 6.07 Å². The quantitative estimate of drug-likeness (QED) is 0.754. The number of hydrogen-bond acceptors (Lipinski definition) is 2. The highest BCUT2D eigenvalue weighted by molar-refractivity contribution is 5.76. The van der Waals surface area contributed by atoms with Crippen LogP contribution in [0.2, 0.25) is 0 Å². The lowest BCUT2D eigenvalue weighted by molar-refractivity contribution is -0.121. The van der Waals surface area contributed by atoms with Crippen LogP contribution in [0.15, 0.2) is 30.3 Å². The van der Waals surface area contributed by atoms with E-state index in [4.69, 9.17) is 0 Å². The second-order valence-corrected chi connectivity index (χ2v) is 5.30. The fraction of sp³-hybridized carbons (Fsp3) is 0.562. The molecule has 1 unspecified atom stereocenters. The first kappa shape index (κ1) is 14.1. The maximum Gasteiger partial charge on any atom is 0.221 e. The number of rotatable bonds is 8. The fourth-order valence-corrected chi connectivity index (χ4v) is 2.25. The summed E-state index contributed by atoms with van der Waals surface area (Å²) in [6.45, 7) is 2.94. The van der Waals surface area contributed by atoms with Crippen LogP contribution in [0.1, 0.15) is 50.6 Å². The summed E-state index contributed by atoms with van der Waals surface area (Å²) in [5, 5.41) is 6.52. The summed E-state index contributed by atoms with van der Waals surface area (Å²) in [6.07, 6.45) is 5.13. The Morgan fingerprint density at radius 2 is 2.05 bits per heavy atom. The number of amides is 1. The zero-order chi connectivity index (χ0) is 13.5. The summed E-state index contributed by atoms with van der Waals surface area (Å²) in [5.74, 6) is 0.179. The predicted octanol–water partition coefficient (Wildman–Crippen LogP) is 2.79. The van der Waals surface area contributed by atoms with Crippen molar-refractivity contribution in [3.05, 3.63) is 35.9 Å². The number of hydrogen-bond donors (Lipinski definition) is 2. The molecule has 1 atom stereocenters. The molecule has 1 saturated carbocycles. The van der Waals surface area contributed by atoms with Crippen molar-refractivity contribution < 1.29 is 4.79 Å². The third-order valence-corrected chi connectivity index (χ3v) is 3.46. The van der Waals surface area contributed by atoms with Crippen LogP contribution in [0.5, 0.6) is 0 Å². The molecule has 3 heteroatoms. The van der Waals surface area contributed by atoms with Gasteiger partial charge < -0.3 is 10.6 Å². The van der Waals surface area contributed by atoms with Crippen molar-refractivity contribution in [3.8, 4) is 0 Å². The van der Waals surface area contributed by atoms with Crippen LogP contribution in [0.25, 0.3) is 0 Å². The van der Waals surface area contributed by atoms with Gasteiger partial charge in [-0.2, -0.15) is 0 Å². The molecule has 1 aliphatic carbocycles. The maximum absolute atomic E-state index is 11.6. The lowest BCUT2D eigenvalue weighted by atomic mass is 10.0. The van der Waals surface area contributed by atoms with Crippen LogP contribution in [0, 0.1) is 0 Å². The van der Waals surface area contributed by atoms with E-state index in [9.17, 15) is 4.79 Å². The van der Waals surface area contributed by atoms with Gasteiger partial charge in [0.2, 0.25) is 5.91 Å². The Morgan fingerprint density at radius 1 is 1.32 bits per heavy atom. The number of benzene rings is 1. The summed E-state index contributed by atoms with van der Waals surface area (Å²) < 4.78 is 0. The van der Waals surface area contributed by atoms with Crippen molar-refractivity contribution in [3.63, 3.8) is 0 Å². The Labute approximate surface area is 115 Å². The van der Waals surface area contributed by atoms with E-state index in [-0.39, 0.29) is 5.91 Å². The Bertz CT molecular complexity index is 387. The monoisotopic (exact) mass is 260 g/mol. The zero-order valence-corrected chi connectivity index (χ0v) is 11.7. The second-order valence-electron chi connectivity index (χ2n) is 5.30. The number of carbonyl (C=O) groups excluding carboxylic acids is 1. The minimum Gasteiger partial charge on any atom is -0.353 e. The molecule has 0 spiro atoms. The molecule has 104 valence electrons. The van der Waals surface area contributed by atoms with Crippen LogP contribution < -0.4 is 10.6 Å². The molecule has 1 aromatic carbocycles. The minimum absolute atomic E-state index is 0.179. The summed E-state index contributed by atoms with van der Waals surface area (Å²) in [7, 11) is 0. The van der Waals surface area contributed by atoms with E-state index in [1.165, 1.54) is 5.56 Å². The van der Waals surface area contributed by atoms with Crippen molar-refractivity contribution in [1.82, 2.24) is 10.6 Å². The van der Waals surface area contributed by atoms with Crippen molar-refractivity contribution in [1.29, 1.82) is 0 Å². The summed E-state index contributed by atoms with van der Waals surface area (Å²) in [5.41, 5.74) is 1.31. The summed E-state index contributed by atoms with van der Waals surface area (Å²) in [4.78, 5) is 11.6. The van der Waals surface area contributed by atoms with Crippen molar-refractivity contribution in [2.75, 3.05) is 6.54 Å². The lowest BCUT2D eigenvalue weighted by Crippen LogP contribution is -2.30. The van der Waals surface area contributed by atoms with E-state index >= 15 is 0 Å². The average molecular weight is 260 g/mol. The minimum atomic E-state index is 0.179. The van der Waals surface area contributed by atoms with E-state index in [1.54, 1.807) is 0 Å². The molecule has 0 radical (unpaired) electrons. The normalized spacial score (nSPS) is 16.1. The standard InChI is InChI=1S/C16H24N2O/c1-2-6-15(13-7-4-3-5-8-13)17-12-11-16(19)18-14-9-10-14/h3-5,7-8,14-15,17H,2,6,9-12H2,1H3,(H,18,19). The first-order valence-electron chi connectivity index (χ1n) is 7.37. The highest BCUT2D eigenvalue weighted by atomic mass is 16.1. The first-order valence-corrected chi connectivity index (χ1v) is 7.37. The Hall–Kier alpha value is -1.35. The molecule has 0 heterocycles. The highest BCUT2D eigenvalue weighted by Crippen LogP contribution is 2.19. The topological polar surface area (TPSA) is 41.1 Å². The largest absolute Gasteiger partial charge is 0.353 e. The van der Waals surface area contributed by atoms with E-state index in [0.717, 1.165) is 32.2 Å². The zero-order valence-electron chi connectivity index (χ0n) is 11.7. The molecule has 2 rings (SSSR count). The third-order valence-electron chi connectivity index (χ3n) is 3.46. The summed E-state index contributed by atoms with van der Waals surface area (Å²) in [6, 6.07) is 11.3. The first-order chi connectivity index (χ1) is 9.29. The maximum atomic E-state index is 11.6. The van der Waals surface area contributed by atoms with E-state index < -0.39 is 0 Å². The molecule has 1 aromatic rings. The Morgan fingerprint density at radius 3 is 2.68 bits per heavy atom. The number of carbonyl (C=O) groups is 1.